The largest absolute Gasteiger partial charge is 0.418 e. The van der Waals surface area contributed by atoms with Crippen molar-refractivity contribution in [3.63, 3.8) is 0 Å². The van der Waals surface area contributed by atoms with Crippen LogP contribution >= 0.6 is 0 Å². The molecule has 1 aliphatic carbocycles. The molecule has 1 aromatic carbocycles. The van der Waals surface area contributed by atoms with E-state index in [2.05, 4.69) is 4.85 Å². The number of hydrogen-bond donors (Lipinski definition) is 1. The Hall–Kier alpha value is -2.33. The Morgan fingerprint density at radius 3 is 2.65 bits per heavy atom. The Kier molecular flexibility index (Phi) is 3.65. The Bertz CT molecular complexity index is 802. The molecule has 1 atom stereocenters. The number of nitrogens with zero attached hydrogens (tertiary/aromatic N) is 2. The first-order valence-corrected chi connectivity index (χ1v) is 6.99. The Labute approximate surface area is 129 Å². The molecule has 0 bridgehead atoms. The van der Waals surface area contributed by atoms with Crippen LogP contribution in [0.5, 0.6) is 0 Å². The molecule has 7 heteroatoms. The number of halogens is 4. The van der Waals surface area contributed by atoms with Gasteiger partial charge in [0.25, 0.3) is 0 Å². The Morgan fingerprint density at radius 2 is 2.00 bits per heavy atom. The van der Waals surface area contributed by atoms with E-state index in [1.807, 2.05) is 0 Å². The highest BCUT2D eigenvalue weighted by Crippen LogP contribution is 2.42. The average Bonchev–Trinajstić information content (AvgIpc) is 2.87. The molecule has 1 aromatic heterocycles. The third-order valence-corrected chi connectivity index (χ3v) is 3.95. The SMILES string of the molecule is [C-]#[N+]c1cc(F)cc(-n2cc(C(F)(F)F)c3c2CCCC3O)c1. The molecular weight excluding hydrogens is 312 g/mol. The number of aliphatic hydroxyl groups excluding tert-OH is 1. The molecule has 0 aliphatic heterocycles. The van der Waals surface area contributed by atoms with Gasteiger partial charge in [0, 0.05) is 23.1 Å². The third kappa shape index (κ3) is 2.70. The number of aliphatic hydroxyl groups is 1. The first-order chi connectivity index (χ1) is 10.8. The maximum atomic E-state index is 13.6. The summed E-state index contributed by atoms with van der Waals surface area (Å²) in [5, 5.41) is 9.99. The van der Waals surface area contributed by atoms with E-state index in [4.69, 9.17) is 6.57 Å². The van der Waals surface area contributed by atoms with Crippen molar-refractivity contribution in [1.29, 1.82) is 0 Å². The lowest BCUT2D eigenvalue weighted by Crippen LogP contribution is -2.15. The molecule has 1 aliphatic rings. The van der Waals surface area contributed by atoms with E-state index in [1.54, 1.807) is 0 Å². The van der Waals surface area contributed by atoms with E-state index in [1.165, 1.54) is 10.6 Å². The van der Waals surface area contributed by atoms with Gasteiger partial charge >= 0.3 is 6.18 Å². The molecule has 0 amide bonds. The summed E-state index contributed by atoms with van der Waals surface area (Å²) >= 11 is 0. The Balaban J connectivity index is 2.26. The first kappa shape index (κ1) is 15.6. The molecule has 0 saturated carbocycles. The summed E-state index contributed by atoms with van der Waals surface area (Å²) in [7, 11) is 0. The van der Waals surface area contributed by atoms with Crippen molar-refractivity contribution >= 4 is 5.69 Å². The highest BCUT2D eigenvalue weighted by molar-refractivity contribution is 5.55. The number of benzene rings is 1. The van der Waals surface area contributed by atoms with Crippen LogP contribution in [-0.2, 0) is 12.6 Å². The van der Waals surface area contributed by atoms with Crippen molar-refractivity contribution in [2.45, 2.75) is 31.5 Å². The quantitative estimate of drug-likeness (QED) is 0.605. The fourth-order valence-electron chi connectivity index (χ4n) is 3.01. The van der Waals surface area contributed by atoms with Crippen LogP contribution in [-0.4, -0.2) is 9.67 Å². The number of fused-ring (bicyclic) bond motifs is 1. The van der Waals surface area contributed by atoms with Gasteiger partial charge in [0.1, 0.15) is 5.82 Å². The van der Waals surface area contributed by atoms with Gasteiger partial charge in [0.15, 0.2) is 5.69 Å². The molecular formula is C16H12F4N2O. The summed E-state index contributed by atoms with van der Waals surface area (Å²) in [6.07, 6.45) is -3.76. The van der Waals surface area contributed by atoms with Crippen LogP contribution in [0.25, 0.3) is 10.5 Å². The van der Waals surface area contributed by atoms with E-state index >= 15 is 0 Å². The van der Waals surface area contributed by atoms with Crippen LogP contribution in [0.15, 0.2) is 24.4 Å². The summed E-state index contributed by atoms with van der Waals surface area (Å²) in [4.78, 5) is 3.13. The second kappa shape index (κ2) is 5.39. The normalized spacial score (nSPS) is 17.7. The maximum Gasteiger partial charge on any atom is 0.418 e. The first-order valence-electron chi connectivity index (χ1n) is 6.99. The van der Waals surface area contributed by atoms with Crippen molar-refractivity contribution < 1.29 is 22.7 Å². The van der Waals surface area contributed by atoms with Gasteiger partial charge in [-0.15, -0.1) is 0 Å². The van der Waals surface area contributed by atoms with E-state index in [0.29, 0.717) is 18.5 Å². The molecule has 1 N–H and O–H groups in total. The molecule has 0 radical (unpaired) electrons. The molecule has 23 heavy (non-hydrogen) atoms. The van der Waals surface area contributed by atoms with Gasteiger partial charge in [-0.25, -0.2) is 9.24 Å². The zero-order chi connectivity index (χ0) is 16.8. The second-order valence-electron chi connectivity index (χ2n) is 5.46. The summed E-state index contributed by atoms with van der Waals surface area (Å²) in [6.45, 7) is 6.95. The Morgan fingerprint density at radius 1 is 1.26 bits per heavy atom. The minimum Gasteiger partial charge on any atom is -0.388 e. The van der Waals surface area contributed by atoms with Gasteiger partial charge in [-0.1, -0.05) is 0 Å². The van der Waals surface area contributed by atoms with Crippen molar-refractivity contribution in [3.8, 4) is 5.69 Å². The lowest BCUT2D eigenvalue weighted by atomic mass is 9.92. The third-order valence-electron chi connectivity index (χ3n) is 3.95. The molecule has 0 fully saturated rings. The van der Waals surface area contributed by atoms with Crippen molar-refractivity contribution in [2.24, 2.45) is 0 Å². The zero-order valence-corrected chi connectivity index (χ0v) is 11.9. The van der Waals surface area contributed by atoms with Gasteiger partial charge in [0.2, 0.25) is 0 Å². The predicted octanol–water partition coefficient (Wildman–Crippen LogP) is 4.56. The predicted molar refractivity (Wildman–Crippen MR) is 74.9 cm³/mol. The lowest BCUT2D eigenvalue weighted by molar-refractivity contribution is -0.139. The number of aromatic nitrogens is 1. The fourth-order valence-corrected chi connectivity index (χ4v) is 3.01. The van der Waals surface area contributed by atoms with Crippen LogP contribution in [0.2, 0.25) is 0 Å². The number of hydrogen-bond acceptors (Lipinski definition) is 1. The second-order valence-corrected chi connectivity index (χ2v) is 5.46. The van der Waals surface area contributed by atoms with Crippen molar-refractivity contribution in [2.75, 3.05) is 0 Å². The molecule has 1 unspecified atom stereocenters. The highest BCUT2D eigenvalue weighted by atomic mass is 19.4. The monoisotopic (exact) mass is 324 g/mol. The molecule has 120 valence electrons. The van der Waals surface area contributed by atoms with E-state index < -0.39 is 23.7 Å². The summed E-state index contributed by atoms with van der Waals surface area (Å²) in [5.41, 5.74) is -0.576. The number of rotatable bonds is 1. The molecule has 0 saturated heterocycles. The van der Waals surface area contributed by atoms with Gasteiger partial charge in [0.05, 0.1) is 18.2 Å². The van der Waals surface area contributed by atoms with Crippen LogP contribution < -0.4 is 0 Å². The van der Waals surface area contributed by atoms with Gasteiger partial charge < -0.3 is 9.67 Å². The smallest absolute Gasteiger partial charge is 0.388 e. The summed E-state index contributed by atoms with van der Waals surface area (Å²) in [5.74, 6) is -0.694. The van der Waals surface area contributed by atoms with E-state index in [9.17, 15) is 22.7 Å². The maximum absolute atomic E-state index is 13.6. The van der Waals surface area contributed by atoms with Gasteiger partial charge in [-0.05, 0) is 37.5 Å². The van der Waals surface area contributed by atoms with Crippen molar-refractivity contribution in [3.05, 3.63) is 58.5 Å². The van der Waals surface area contributed by atoms with Crippen LogP contribution in [0.3, 0.4) is 0 Å². The minimum absolute atomic E-state index is 0.00682. The van der Waals surface area contributed by atoms with E-state index in [0.717, 1.165) is 18.3 Å². The minimum atomic E-state index is -4.61. The average molecular weight is 324 g/mol. The summed E-state index contributed by atoms with van der Waals surface area (Å²) < 4.78 is 54.6. The van der Waals surface area contributed by atoms with Crippen molar-refractivity contribution in [1.82, 2.24) is 4.57 Å². The van der Waals surface area contributed by atoms with Crippen LogP contribution in [0, 0.1) is 12.4 Å². The fraction of sp³-hybridized carbons (Fsp3) is 0.312. The standard InChI is InChI=1S/C16H12F4N2O/c1-21-10-5-9(17)6-11(7-10)22-8-12(16(18,19)20)15-13(22)3-2-4-14(15)23/h5-8,14,23H,2-4H2. The molecule has 1 heterocycles. The number of alkyl halides is 3. The van der Waals surface area contributed by atoms with Gasteiger partial charge in [-0.3, -0.25) is 0 Å². The molecule has 3 rings (SSSR count). The molecule has 0 spiro atoms. The summed E-state index contributed by atoms with van der Waals surface area (Å²) in [6, 6.07) is 3.43. The highest BCUT2D eigenvalue weighted by Gasteiger charge is 2.40. The van der Waals surface area contributed by atoms with Gasteiger partial charge in [-0.2, -0.15) is 13.2 Å². The van der Waals surface area contributed by atoms with Crippen LogP contribution in [0.4, 0.5) is 23.2 Å². The molecule has 3 nitrogen and oxygen atoms in total. The molecule has 2 aromatic rings. The lowest BCUT2D eigenvalue weighted by Gasteiger charge is -2.21. The zero-order valence-electron chi connectivity index (χ0n) is 11.9. The topological polar surface area (TPSA) is 29.5 Å². The van der Waals surface area contributed by atoms with Crippen LogP contribution in [0.1, 0.15) is 35.8 Å². The van der Waals surface area contributed by atoms with E-state index in [-0.39, 0.29) is 23.4 Å².